The van der Waals surface area contributed by atoms with E-state index in [-0.39, 0.29) is 11.7 Å². The fourth-order valence-electron chi connectivity index (χ4n) is 2.39. The van der Waals surface area contributed by atoms with Gasteiger partial charge in [0.05, 0.1) is 0 Å². The van der Waals surface area contributed by atoms with Crippen LogP contribution in [0.25, 0.3) is 0 Å². The SMILES string of the molecule is CCCCCCCCCCCCCC[S+]([O-])CC(=O)NC. The van der Waals surface area contributed by atoms with E-state index in [9.17, 15) is 9.35 Å². The molecule has 1 N–H and O–H groups in total. The van der Waals surface area contributed by atoms with Gasteiger partial charge in [-0.2, -0.15) is 0 Å². The van der Waals surface area contributed by atoms with Crippen LogP contribution in [0.4, 0.5) is 0 Å². The number of carbonyl (C=O) groups is 1. The minimum Gasteiger partial charge on any atom is -0.616 e. The average Bonchev–Trinajstić information content (AvgIpc) is 2.48. The van der Waals surface area contributed by atoms with Gasteiger partial charge in [-0.3, -0.25) is 4.79 Å². The minimum atomic E-state index is -0.977. The minimum absolute atomic E-state index is 0.118. The highest BCUT2D eigenvalue weighted by molar-refractivity contribution is 7.92. The van der Waals surface area contributed by atoms with Crippen LogP contribution >= 0.6 is 0 Å². The van der Waals surface area contributed by atoms with Crippen LogP contribution in [0.5, 0.6) is 0 Å². The molecule has 0 aliphatic rings. The van der Waals surface area contributed by atoms with E-state index in [4.69, 9.17) is 0 Å². The van der Waals surface area contributed by atoms with Gasteiger partial charge in [0.25, 0.3) is 5.91 Å². The summed E-state index contributed by atoms with van der Waals surface area (Å²) in [6.07, 6.45) is 15.7. The molecular formula is C17H35NO2S. The van der Waals surface area contributed by atoms with Crippen molar-refractivity contribution in [1.29, 1.82) is 0 Å². The van der Waals surface area contributed by atoms with Crippen molar-refractivity contribution in [2.45, 2.75) is 84.0 Å². The molecule has 0 aliphatic carbocycles. The molecule has 3 nitrogen and oxygen atoms in total. The van der Waals surface area contributed by atoms with Crippen LogP contribution in [0, 0.1) is 0 Å². The summed E-state index contributed by atoms with van der Waals surface area (Å²) in [5.41, 5.74) is 0. The molecule has 4 heteroatoms. The second kappa shape index (κ2) is 16.2. The van der Waals surface area contributed by atoms with Crippen molar-refractivity contribution in [1.82, 2.24) is 5.32 Å². The van der Waals surface area contributed by atoms with Gasteiger partial charge >= 0.3 is 0 Å². The highest BCUT2D eigenvalue weighted by Crippen LogP contribution is 2.12. The second-order valence-corrected chi connectivity index (χ2v) is 7.43. The maximum absolute atomic E-state index is 11.5. The van der Waals surface area contributed by atoms with E-state index in [1.807, 2.05) is 0 Å². The standard InChI is InChI=1S/C17H35NO2S/c1-3-4-5-6-7-8-9-10-11-12-13-14-15-21(20)16-17(19)18-2/h3-16H2,1-2H3,(H,18,19). The Morgan fingerprint density at radius 1 is 0.857 bits per heavy atom. The predicted molar refractivity (Wildman–Crippen MR) is 93.0 cm³/mol. The molecule has 1 amide bonds. The van der Waals surface area contributed by atoms with Gasteiger partial charge in [-0.1, -0.05) is 71.1 Å². The summed E-state index contributed by atoms with van der Waals surface area (Å²) in [5, 5.41) is 2.51. The number of unbranched alkanes of at least 4 members (excludes halogenated alkanes) is 11. The zero-order valence-electron chi connectivity index (χ0n) is 14.1. The third-order valence-electron chi connectivity index (χ3n) is 3.80. The Bertz CT molecular complexity index is 237. The Morgan fingerprint density at radius 2 is 1.29 bits per heavy atom. The van der Waals surface area contributed by atoms with Gasteiger partial charge in [0, 0.05) is 7.05 Å². The number of hydrogen-bond acceptors (Lipinski definition) is 2. The summed E-state index contributed by atoms with van der Waals surface area (Å²) >= 11 is -0.977. The van der Waals surface area contributed by atoms with Crippen molar-refractivity contribution in [3.05, 3.63) is 0 Å². The highest BCUT2D eigenvalue weighted by Gasteiger charge is 2.10. The Morgan fingerprint density at radius 3 is 1.71 bits per heavy atom. The molecule has 1 atom stereocenters. The number of rotatable bonds is 15. The molecule has 0 rings (SSSR count). The van der Waals surface area contributed by atoms with Crippen molar-refractivity contribution in [2.75, 3.05) is 18.6 Å². The first-order chi connectivity index (χ1) is 10.2. The average molecular weight is 318 g/mol. The molecule has 126 valence electrons. The molecule has 0 bridgehead atoms. The second-order valence-electron chi connectivity index (χ2n) is 5.85. The molecular weight excluding hydrogens is 282 g/mol. The van der Waals surface area contributed by atoms with Gasteiger partial charge in [0.15, 0.2) is 5.75 Å². The van der Waals surface area contributed by atoms with Gasteiger partial charge in [0.2, 0.25) is 0 Å². The van der Waals surface area contributed by atoms with E-state index in [0.29, 0.717) is 5.75 Å². The van der Waals surface area contributed by atoms with Crippen LogP contribution in [0.2, 0.25) is 0 Å². The summed E-state index contributed by atoms with van der Waals surface area (Å²) in [6.45, 7) is 2.26. The van der Waals surface area contributed by atoms with Crippen LogP contribution < -0.4 is 5.32 Å². The molecule has 0 saturated carbocycles. The van der Waals surface area contributed by atoms with Crippen LogP contribution in [0.3, 0.4) is 0 Å². The van der Waals surface area contributed by atoms with Gasteiger partial charge in [-0.05, 0) is 24.0 Å². The Kier molecular flexibility index (Phi) is 16.0. The first-order valence-corrected chi connectivity index (χ1v) is 10.2. The molecule has 0 radical (unpaired) electrons. The van der Waals surface area contributed by atoms with Crippen LogP contribution in [0.15, 0.2) is 0 Å². The summed E-state index contributed by atoms with van der Waals surface area (Å²) in [6, 6.07) is 0. The number of nitrogens with one attached hydrogen (secondary N) is 1. The molecule has 0 aliphatic heterocycles. The largest absolute Gasteiger partial charge is 0.616 e. The lowest BCUT2D eigenvalue weighted by Crippen LogP contribution is -2.28. The Hall–Kier alpha value is -0.220. The number of carbonyl (C=O) groups excluding carboxylic acids is 1. The summed E-state index contributed by atoms with van der Waals surface area (Å²) in [4.78, 5) is 11.0. The van der Waals surface area contributed by atoms with Crippen molar-refractivity contribution < 1.29 is 9.35 Å². The maximum Gasteiger partial charge on any atom is 0.269 e. The van der Waals surface area contributed by atoms with Gasteiger partial charge < -0.3 is 9.87 Å². The molecule has 0 aromatic rings. The highest BCUT2D eigenvalue weighted by atomic mass is 32.2. The molecule has 1 unspecified atom stereocenters. The van der Waals surface area contributed by atoms with Gasteiger partial charge in [-0.15, -0.1) is 0 Å². The first-order valence-electron chi connectivity index (χ1n) is 8.76. The number of hydrogen-bond donors (Lipinski definition) is 1. The predicted octanol–water partition coefficient (Wildman–Crippen LogP) is 4.18. The van der Waals surface area contributed by atoms with E-state index in [1.165, 1.54) is 64.2 Å². The lowest BCUT2D eigenvalue weighted by atomic mass is 10.1. The molecule has 0 heterocycles. The zero-order chi connectivity index (χ0) is 15.8. The molecule has 0 fully saturated rings. The summed E-state index contributed by atoms with van der Waals surface area (Å²) < 4.78 is 11.5. The molecule has 0 spiro atoms. The third kappa shape index (κ3) is 16.0. The zero-order valence-corrected chi connectivity index (χ0v) is 14.9. The van der Waals surface area contributed by atoms with E-state index in [2.05, 4.69) is 12.2 Å². The van der Waals surface area contributed by atoms with E-state index in [0.717, 1.165) is 12.8 Å². The fourth-order valence-corrected chi connectivity index (χ4v) is 3.50. The van der Waals surface area contributed by atoms with E-state index >= 15 is 0 Å². The van der Waals surface area contributed by atoms with Crippen molar-refractivity contribution >= 4 is 17.1 Å². The topological polar surface area (TPSA) is 52.2 Å². The third-order valence-corrected chi connectivity index (χ3v) is 5.12. The monoisotopic (exact) mass is 317 g/mol. The van der Waals surface area contributed by atoms with Crippen LogP contribution in [-0.4, -0.2) is 29.0 Å². The van der Waals surface area contributed by atoms with E-state index in [1.54, 1.807) is 7.05 Å². The quantitative estimate of drug-likeness (QED) is 0.364. The molecule has 0 aromatic carbocycles. The molecule has 0 aromatic heterocycles. The number of amides is 1. The van der Waals surface area contributed by atoms with Gasteiger partial charge in [0.1, 0.15) is 5.75 Å². The smallest absolute Gasteiger partial charge is 0.269 e. The summed E-state index contributed by atoms with van der Waals surface area (Å²) in [7, 11) is 1.59. The van der Waals surface area contributed by atoms with E-state index < -0.39 is 11.2 Å². The molecule has 21 heavy (non-hydrogen) atoms. The normalized spacial score (nSPS) is 12.3. The fraction of sp³-hybridized carbons (Fsp3) is 0.941. The van der Waals surface area contributed by atoms with Gasteiger partial charge in [-0.25, -0.2) is 0 Å². The summed E-state index contributed by atoms with van der Waals surface area (Å²) in [5.74, 6) is 0.714. The lowest BCUT2D eigenvalue weighted by Gasteiger charge is -2.09. The first kappa shape index (κ1) is 20.8. The van der Waals surface area contributed by atoms with Crippen molar-refractivity contribution in [3.8, 4) is 0 Å². The molecule has 0 saturated heterocycles. The van der Waals surface area contributed by atoms with Crippen LogP contribution in [-0.2, 0) is 16.0 Å². The van der Waals surface area contributed by atoms with Crippen molar-refractivity contribution in [2.24, 2.45) is 0 Å². The lowest BCUT2D eigenvalue weighted by molar-refractivity contribution is -0.118. The Balaban J connectivity index is 3.13. The maximum atomic E-state index is 11.5. The van der Waals surface area contributed by atoms with Crippen LogP contribution in [0.1, 0.15) is 84.0 Å². The van der Waals surface area contributed by atoms with Crippen molar-refractivity contribution in [3.63, 3.8) is 0 Å². The Labute approximate surface area is 134 Å².